The lowest BCUT2D eigenvalue weighted by Crippen LogP contribution is -1.62. The van der Waals surface area contributed by atoms with E-state index in [2.05, 4.69) is 51.8 Å². The summed E-state index contributed by atoms with van der Waals surface area (Å²) in [7, 11) is 0. The summed E-state index contributed by atoms with van der Waals surface area (Å²) in [5.74, 6) is 0. The molecule has 0 saturated carbocycles. The van der Waals surface area contributed by atoms with Gasteiger partial charge in [0, 0.05) is 0 Å². The van der Waals surface area contributed by atoms with Gasteiger partial charge in [-0.15, -0.1) is 0 Å². The van der Waals surface area contributed by atoms with Crippen molar-refractivity contribution >= 4 is 22.6 Å². The molecule has 0 radical (unpaired) electrons. The van der Waals surface area contributed by atoms with E-state index in [1.807, 2.05) is 0 Å². The van der Waals surface area contributed by atoms with Crippen molar-refractivity contribution < 1.29 is 0 Å². The summed E-state index contributed by atoms with van der Waals surface area (Å²) in [6.45, 7) is 2.16. The maximum absolute atomic E-state index is 2.24. The molecule has 0 atom stereocenters. The first-order valence-corrected chi connectivity index (χ1v) is 4.56. The largest absolute Gasteiger partial charge is 0.0888 e. The number of hydrogen-bond donors (Lipinski definition) is 0. The molecule has 0 heterocycles. The quantitative estimate of drug-likeness (QED) is 0.396. The van der Waals surface area contributed by atoms with Gasteiger partial charge in [0.1, 0.15) is 0 Å². The molecule has 52 valence electrons. The van der Waals surface area contributed by atoms with Crippen molar-refractivity contribution in [2.24, 2.45) is 0 Å². The van der Waals surface area contributed by atoms with Crippen LogP contribution in [-0.4, -0.2) is 0 Å². The molecule has 0 rings (SSSR count). The number of unbranched alkanes of at least 4 members (excludes halogenated alkanes) is 1. The SMILES string of the molecule is CC/C=C\CC/C=C/I. The fourth-order valence-corrected chi connectivity index (χ4v) is 0.900. The summed E-state index contributed by atoms with van der Waals surface area (Å²) >= 11 is 2.24. The maximum atomic E-state index is 2.24. The van der Waals surface area contributed by atoms with Crippen molar-refractivity contribution in [1.82, 2.24) is 0 Å². The van der Waals surface area contributed by atoms with Crippen molar-refractivity contribution in [1.29, 1.82) is 0 Å². The van der Waals surface area contributed by atoms with Crippen molar-refractivity contribution in [3.8, 4) is 0 Å². The molecule has 0 aliphatic carbocycles. The monoisotopic (exact) mass is 236 g/mol. The van der Waals surface area contributed by atoms with Crippen molar-refractivity contribution in [3.05, 3.63) is 22.3 Å². The van der Waals surface area contributed by atoms with Gasteiger partial charge in [-0.2, -0.15) is 0 Å². The van der Waals surface area contributed by atoms with Crippen molar-refractivity contribution in [2.75, 3.05) is 0 Å². The number of rotatable bonds is 4. The number of hydrogen-bond acceptors (Lipinski definition) is 0. The fraction of sp³-hybridized carbons (Fsp3) is 0.500. The average molecular weight is 236 g/mol. The summed E-state index contributed by atoms with van der Waals surface area (Å²) in [6, 6.07) is 0. The number of halogens is 1. The van der Waals surface area contributed by atoms with E-state index in [9.17, 15) is 0 Å². The normalized spacial score (nSPS) is 11.8. The minimum Gasteiger partial charge on any atom is -0.0888 e. The molecule has 0 unspecified atom stereocenters. The molecule has 0 fully saturated rings. The zero-order valence-corrected chi connectivity index (χ0v) is 7.97. The van der Waals surface area contributed by atoms with Crippen LogP contribution in [0.3, 0.4) is 0 Å². The van der Waals surface area contributed by atoms with E-state index in [1.165, 1.54) is 12.8 Å². The predicted molar refractivity (Wildman–Crippen MR) is 51.8 cm³/mol. The topological polar surface area (TPSA) is 0 Å². The van der Waals surface area contributed by atoms with Gasteiger partial charge in [0.25, 0.3) is 0 Å². The molecule has 0 spiro atoms. The molecule has 0 aliphatic rings. The standard InChI is InChI=1S/C8H13I/c1-2-3-4-5-6-7-8-9/h3-4,7-8H,2,5-6H2,1H3/b4-3-,8-7+. The van der Waals surface area contributed by atoms with Gasteiger partial charge in [-0.1, -0.05) is 47.7 Å². The molecule has 0 amide bonds. The molecule has 0 nitrogen and oxygen atoms in total. The molecule has 0 N–H and O–H groups in total. The Hall–Kier alpha value is 0.210. The van der Waals surface area contributed by atoms with Crippen LogP contribution in [0.5, 0.6) is 0 Å². The highest BCUT2D eigenvalue weighted by Gasteiger charge is 1.72. The lowest BCUT2D eigenvalue weighted by atomic mass is 10.3. The van der Waals surface area contributed by atoms with Gasteiger partial charge >= 0.3 is 0 Å². The van der Waals surface area contributed by atoms with E-state index in [4.69, 9.17) is 0 Å². The summed E-state index contributed by atoms with van der Waals surface area (Å²) < 4.78 is 2.07. The molecular weight excluding hydrogens is 223 g/mol. The first-order valence-electron chi connectivity index (χ1n) is 3.32. The second-order valence-corrected chi connectivity index (χ2v) is 2.54. The summed E-state index contributed by atoms with van der Waals surface area (Å²) in [6.07, 6.45) is 10.2. The zero-order valence-electron chi connectivity index (χ0n) is 5.81. The van der Waals surface area contributed by atoms with Gasteiger partial charge in [-0.3, -0.25) is 0 Å². The van der Waals surface area contributed by atoms with E-state index in [-0.39, 0.29) is 0 Å². The van der Waals surface area contributed by atoms with E-state index in [0.29, 0.717) is 0 Å². The Morgan fingerprint density at radius 3 is 2.33 bits per heavy atom. The van der Waals surface area contributed by atoms with Crippen LogP contribution in [0.1, 0.15) is 26.2 Å². The molecule has 0 saturated heterocycles. The van der Waals surface area contributed by atoms with Gasteiger partial charge in [0.15, 0.2) is 0 Å². The van der Waals surface area contributed by atoms with E-state index >= 15 is 0 Å². The Labute approximate surface area is 71.2 Å². The van der Waals surface area contributed by atoms with Crippen molar-refractivity contribution in [3.63, 3.8) is 0 Å². The van der Waals surface area contributed by atoms with Crippen LogP contribution in [-0.2, 0) is 0 Å². The highest BCUT2D eigenvalue weighted by atomic mass is 127. The first-order chi connectivity index (χ1) is 4.41. The molecule has 0 aromatic carbocycles. The van der Waals surface area contributed by atoms with Crippen LogP contribution in [0, 0.1) is 0 Å². The smallest absolute Gasteiger partial charge is 0.0274 e. The third-order valence-corrected chi connectivity index (χ3v) is 1.50. The molecule has 9 heavy (non-hydrogen) atoms. The molecule has 0 bridgehead atoms. The molecular formula is C8H13I. The number of allylic oxidation sites excluding steroid dienone is 3. The highest BCUT2D eigenvalue weighted by molar-refractivity contribution is 14.1. The van der Waals surface area contributed by atoms with Gasteiger partial charge in [0.2, 0.25) is 0 Å². The average Bonchev–Trinajstić information content (AvgIpc) is 1.89. The molecule has 1 heteroatoms. The minimum absolute atomic E-state index is 1.16. The summed E-state index contributed by atoms with van der Waals surface area (Å²) in [4.78, 5) is 0. The van der Waals surface area contributed by atoms with Gasteiger partial charge in [-0.05, 0) is 23.3 Å². The third kappa shape index (κ3) is 8.21. The molecule has 0 aliphatic heterocycles. The first kappa shape index (κ1) is 9.21. The van der Waals surface area contributed by atoms with Crippen molar-refractivity contribution in [2.45, 2.75) is 26.2 Å². The second-order valence-electron chi connectivity index (χ2n) is 1.82. The Bertz CT molecular complexity index is 92.7. The van der Waals surface area contributed by atoms with E-state index in [0.717, 1.165) is 6.42 Å². The van der Waals surface area contributed by atoms with Crippen LogP contribution in [0.15, 0.2) is 22.3 Å². The van der Waals surface area contributed by atoms with Crippen LogP contribution in [0.4, 0.5) is 0 Å². The zero-order chi connectivity index (χ0) is 6.95. The van der Waals surface area contributed by atoms with Gasteiger partial charge in [-0.25, -0.2) is 0 Å². The fourth-order valence-electron chi connectivity index (χ4n) is 0.540. The minimum atomic E-state index is 1.16. The Kier molecular flexibility index (Phi) is 8.40. The van der Waals surface area contributed by atoms with E-state index in [1.54, 1.807) is 0 Å². The van der Waals surface area contributed by atoms with Crippen LogP contribution < -0.4 is 0 Å². The molecule has 0 aromatic rings. The van der Waals surface area contributed by atoms with Gasteiger partial charge < -0.3 is 0 Å². The summed E-state index contributed by atoms with van der Waals surface area (Å²) in [5.41, 5.74) is 0. The van der Waals surface area contributed by atoms with E-state index < -0.39 is 0 Å². The Morgan fingerprint density at radius 1 is 1.11 bits per heavy atom. The lowest BCUT2D eigenvalue weighted by Gasteiger charge is -1.82. The van der Waals surface area contributed by atoms with Crippen LogP contribution >= 0.6 is 22.6 Å². The summed E-state index contributed by atoms with van der Waals surface area (Å²) in [5, 5.41) is 0. The Balaban J connectivity index is 2.99. The second kappa shape index (κ2) is 8.21. The van der Waals surface area contributed by atoms with Crippen LogP contribution in [0.2, 0.25) is 0 Å². The lowest BCUT2D eigenvalue weighted by molar-refractivity contribution is 1.04. The van der Waals surface area contributed by atoms with Gasteiger partial charge in [0.05, 0.1) is 0 Å². The highest BCUT2D eigenvalue weighted by Crippen LogP contribution is 1.95. The maximum Gasteiger partial charge on any atom is -0.0274 e. The van der Waals surface area contributed by atoms with Crippen LogP contribution in [0.25, 0.3) is 0 Å². The predicted octanol–water partition coefficient (Wildman–Crippen LogP) is 3.68. The Morgan fingerprint density at radius 2 is 1.78 bits per heavy atom. The third-order valence-electron chi connectivity index (χ3n) is 0.991. The molecule has 0 aromatic heterocycles.